The van der Waals surface area contributed by atoms with E-state index in [4.69, 9.17) is 0 Å². The van der Waals surface area contributed by atoms with Crippen LogP contribution in [0.3, 0.4) is 0 Å². The highest BCUT2D eigenvalue weighted by Crippen LogP contribution is 2.33. The molecular weight excluding hydrogens is 353 g/mol. The fourth-order valence-corrected chi connectivity index (χ4v) is 2.57. The Kier molecular flexibility index (Phi) is 3.89. The van der Waals surface area contributed by atoms with E-state index in [-0.39, 0.29) is 18.2 Å². The predicted molar refractivity (Wildman–Crippen MR) is 83.0 cm³/mol. The number of rotatable bonds is 2. The van der Waals surface area contributed by atoms with Crippen LogP contribution in [0.2, 0.25) is 0 Å². The second-order valence-electron chi connectivity index (χ2n) is 4.89. The van der Waals surface area contributed by atoms with Gasteiger partial charge in [0, 0.05) is 22.8 Å². The van der Waals surface area contributed by atoms with Gasteiger partial charge >= 0.3 is 0 Å². The fraction of sp³-hybridized carbons (Fsp3) is 0.133. The molecule has 22 heavy (non-hydrogen) atoms. The molecule has 1 aromatic heterocycles. The Morgan fingerprint density at radius 1 is 1.36 bits per heavy atom. The highest BCUT2D eigenvalue weighted by molar-refractivity contribution is 9.10. The summed E-state index contributed by atoms with van der Waals surface area (Å²) in [4.78, 5) is 28.2. The summed E-state index contributed by atoms with van der Waals surface area (Å²) in [6.45, 7) is 0. The van der Waals surface area contributed by atoms with Gasteiger partial charge in [-0.3, -0.25) is 9.59 Å². The molecule has 0 fully saturated rings. The third kappa shape index (κ3) is 2.99. The van der Waals surface area contributed by atoms with E-state index in [2.05, 4.69) is 31.5 Å². The second-order valence-corrected chi connectivity index (χ2v) is 5.80. The molecule has 0 spiro atoms. The monoisotopic (exact) mass is 363 g/mol. The van der Waals surface area contributed by atoms with E-state index in [0.29, 0.717) is 17.1 Å². The number of nitrogens with zero attached hydrogens (tertiary/aromatic N) is 1. The number of carbonyl (C=O) groups excluding carboxylic acids is 2. The smallest absolute Gasteiger partial charge is 0.233 e. The summed E-state index contributed by atoms with van der Waals surface area (Å²) in [7, 11) is 0. The largest absolute Gasteiger partial charge is 0.326 e. The molecule has 0 aliphatic carbocycles. The summed E-state index contributed by atoms with van der Waals surface area (Å²) < 4.78 is 14.1. The van der Waals surface area contributed by atoms with Crippen LogP contribution in [-0.2, 0) is 9.59 Å². The summed E-state index contributed by atoms with van der Waals surface area (Å²) in [6.07, 6.45) is 1.58. The first kappa shape index (κ1) is 14.6. The molecule has 0 saturated heterocycles. The number of nitrogens with one attached hydrogen (secondary N) is 2. The molecule has 1 aliphatic rings. The molecule has 5 nitrogen and oxygen atoms in total. The Labute approximate surface area is 134 Å². The van der Waals surface area contributed by atoms with Crippen molar-refractivity contribution in [1.29, 1.82) is 0 Å². The van der Waals surface area contributed by atoms with Crippen LogP contribution in [0, 0.1) is 5.82 Å². The Morgan fingerprint density at radius 2 is 2.18 bits per heavy atom. The van der Waals surface area contributed by atoms with Gasteiger partial charge in [-0.05, 0) is 45.8 Å². The lowest BCUT2D eigenvalue weighted by Gasteiger charge is -2.24. The van der Waals surface area contributed by atoms with Gasteiger partial charge in [0.25, 0.3) is 0 Å². The van der Waals surface area contributed by atoms with Gasteiger partial charge in [-0.1, -0.05) is 6.07 Å². The molecule has 112 valence electrons. The Bertz CT molecular complexity index is 749. The van der Waals surface area contributed by atoms with E-state index in [9.17, 15) is 14.0 Å². The number of carbonyl (C=O) groups is 2. The number of pyridine rings is 1. The molecule has 1 unspecified atom stereocenters. The molecule has 1 aliphatic heterocycles. The Morgan fingerprint density at radius 3 is 2.91 bits per heavy atom. The van der Waals surface area contributed by atoms with Crippen molar-refractivity contribution in [3.05, 3.63) is 52.4 Å². The predicted octanol–water partition coefficient (Wildman–Crippen LogP) is 3.05. The van der Waals surface area contributed by atoms with Crippen LogP contribution in [0.4, 0.5) is 15.9 Å². The minimum atomic E-state index is -0.671. The minimum absolute atomic E-state index is 0.0149. The number of anilines is 2. The normalized spacial score (nSPS) is 16.6. The standard InChI is InChI=1S/C15H11BrFN3O2/c16-8-1-4-13(18-7-8)20-15(22)11-6-14(21)19-12-5-9(17)2-3-10(11)12/h1-5,7,11H,6H2,(H,19,21)(H,18,20,22). The van der Waals surface area contributed by atoms with Crippen molar-refractivity contribution in [2.75, 3.05) is 10.6 Å². The third-order valence-corrected chi connectivity index (χ3v) is 3.82. The SMILES string of the molecule is O=C1CC(C(=O)Nc2ccc(Br)cn2)c2ccc(F)cc2N1. The summed E-state index contributed by atoms with van der Waals surface area (Å²) in [6, 6.07) is 7.40. The second kappa shape index (κ2) is 5.84. The van der Waals surface area contributed by atoms with Crippen molar-refractivity contribution in [3.63, 3.8) is 0 Å². The first-order valence-electron chi connectivity index (χ1n) is 6.54. The molecule has 0 bridgehead atoms. The van der Waals surface area contributed by atoms with Crippen LogP contribution < -0.4 is 10.6 Å². The van der Waals surface area contributed by atoms with Crippen LogP contribution >= 0.6 is 15.9 Å². The number of amides is 2. The van der Waals surface area contributed by atoms with Gasteiger partial charge in [0.05, 0.1) is 5.92 Å². The molecule has 0 radical (unpaired) electrons. The zero-order valence-electron chi connectivity index (χ0n) is 11.3. The number of fused-ring (bicyclic) bond motifs is 1. The molecule has 0 saturated carbocycles. The zero-order valence-corrected chi connectivity index (χ0v) is 12.9. The molecule has 2 amide bonds. The van der Waals surface area contributed by atoms with E-state index in [1.165, 1.54) is 18.2 Å². The highest BCUT2D eigenvalue weighted by Gasteiger charge is 2.31. The maximum Gasteiger partial charge on any atom is 0.233 e. The van der Waals surface area contributed by atoms with Crippen LogP contribution in [0.5, 0.6) is 0 Å². The van der Waals surface area contributed by atoms with Crippen LogP contribution in [0.1, 0.15) is 17.9 Å². The first-order chi connectivity index (χ1) is 10.5. The van der Waals surface area contributed by atoms with Gasteiger partial charge < -0.3 is 10.6 Å². The molecule has 1 aromatic carbocycles. The molecule has 2 N–H and O–H groups in total. The average molecular weight is 364 g/mol. The van der Waals surface area contributed by atoms with E-state index in [1.807, 2.05) is 0 Å². The zero-order chi connectivity index (χ0) is 15.7. The Hall–Kier alpha value is -2.28. The molecule has 1 atom stereocenters. The van der Waals surface area contributed by atoms with Gasteiger partial charge in [-0.2, -0.15) is 0 Å². The van der Waals surface area contributed by atoms with E-state index >= 15 is 0 Å². The van der Waals surface area contributed by atoms with E-state index < -0.39 is 11.7 Å². The van der Waals surface area contributed by atoms with Crippen LogP contribution in [0.15, 0.2) is 41.0 Å². The molecule has 2 heterocycles. The molecular formula is C15H11BrFN3O2. The summed E-state index contributed by atoms with van der Waals surface area (Å²) in [5.41, 5.74) is 0.927. The highest BCUT2D eigenvalue weighted by atomic mass is 79.9. The van der Waals surface area contributed by atoms with Crippen LogP contribution in [-0.4, -0.2) is 16.8 Å². The topological polar surface area (TPSA) is 71.1 Å². The molecule has 7 heteroatoms. The van der Waals surface area contributed by atoms with Crippen molar-refractivity contribution in [2.24, 2.45) is 0 Å². The van der Waals surface area contributed by atoms with Gasteiger partial charge in [0.15, 0.2) is 0 Å². The lowest BCUT2D eigenvalue weighted by Crippen LogP contribution is -2.31. The van der Waals surface area contributed by atoms with Gasteiger partial charge in [-0.25, -0.2) is 9.37 Å². The van der Waals surface area contributed by atoms with E-state index in [1.54, 1.807) is 18.3 Å². The maximum absolute atomic E-state index is 13.3. The average Bonchev–Trinajstić information content (AvgIpc) is 2.48. The Balaban J connectivity index is 1.86. The van der Waals surface area contributed by atoms with Gasteiger partial charge in [0.1, 0.15) is 11.6 Å². The van der Waals surface area contributed by atoms with Crippen molar-refractivity contribution in [1.82, 2.24) is 4.98 Å². The quantitative estimate of drug-likeness (QED) is 0.861. The summed E-state index contributed by atoms with van der Waals surface area (Å²) in [5, 5.41) is 5.25. The maximum atomic E-state index is 13.3. The van der Waals surface area contributed by atoms with Crippen molar-refractivity contribution < 1.29 is 14.0 Å². The third-order valence-electron chi connectivity index (χ3n) is 3.35. The summed E-state index contributed by atoms with van der Waals surface area (Å²) in [5.74, 6) is -1.41. The van der Waals surface area contributed by atoms with Crippen LogP contribution in [0.25, 0.3) is 0 Å². The first-order valence-corrected chi connectivity index (χ1v) is 7.34. The number of hydrogen-bond acceptors (Lipinski definition) is 3. The lowest BCUT2D eigenvalue weighted by molar-refractivity contribution is -0.123. The number of benzene rings is 1. The van der Waals surface area contributed by atoms with Crippen molar-refractivity contribution in [3.8, 4) is 0 Å². The van der Waals surface area contributed by atoms with E-state index in [0.717, 1.165) is 4.47 Å². The number of hydrogen-bond donors (Lipinski definition) is 2. The lowest BCUT2D eigenvalue weighted by atomic mass is 9.89. The number of halogens is 2. The minimum Gasteiger partial charge on any atom is -0.326 e. The van der Waals surface area contributed by atoms with Gasteiger partial charge in [0.2, 0.25) is 11.8 Å². The molecule has 3 rings (SSSR count). The fourth-order valence-electron chi connectivity index (χ4n) is 2.33. The van der Waals surface area contributed by atoms with Crippen molar-refractivity contribution in [2.45, 2.75) is 12.3 Å². The summed E-state index contributed by atoms with van der Waals surface area (Å²) >= 11 is 3.26. The molecule has 2 aromatic rings. The number of aromatic nitrogens is 1. The van der Waals surface area contributed by atoms with Gasteiger partial charge in [-0.15, -0.1) is 0 Å². The van der Waals surface area contributed by atoms with Crippen molar-refractivity contribution >= 4 is 39.2 Å².